The first kappa shape index (κ1) is 12.4. The van der Waals surface area contributed by atoms with Gasteiger partial charge in [-0.2, -0.15) is 0 Å². The van der Waals surface area contributed by atoms with Crippen LogP contribution in [0.1, 0.15) is 27.2 Å². The van der Waals surface area contributed by atoms with Gasteiger partial charge in [0.05, 0.1) is 12.1 Å². The fourth-order valence-corrected chi connectivity index (χ4v) is 0.841. The molecular weight excluding hydrogens is 168 g/mol. The topological polar surface area (TPSA) is 61.4 Å². The van der Waals surface area contributed by atoms with Crippen molar-refractivity contribution in [3.05, 3.63) is 0 Å². The van der Waals surface area contributed by atoms with Gasteiger partial charge in [0, 0.05) is 13.1 Å². The Balaban J connectivity index is 3.57. The van der Waals surface area contributed by atoms with Crippen LogP contribution in [0.5, 0.6) is 0 Å². The molecule has 2 atom stereocenters. The summed E-state index contributed by atoms with van der Waals surface area (Å²) in [4.78, 5) is 11.3. The van der Waals surface area contributed by atoms with E-state index in [1.54, 1.807) is 13.8 Å². The Morgan fingerprint density at radius 1 is 1.46 bits per heavy atom. The van der Waals surface area contributed by atoms with Crippen LogP contribution in [0.4, 0.5) is 0 Å². The Bertz CT molecular complexity index is 149. The molecule has 0 heterocycles. The summed E-state index contributed by atoms with van der Waals surface area (Å²) >= 11 is 0. The molecule has 0 spiro atoms. The summed E-state index contributed by atoms with van der Waals surface area (Å²) in [5.41, 5.74) is 0. The third kappa shape index (κ3) is 6.54. The van der Waals surface area contributed by atoms with Gasteiger partial charge in [0.1, 0.15) is 0 Å². The molecule has 0 saturated heterocycles. The summed E-state index contributed by atoms with van der Waals surface area (Å²) < 4.78 is 0. The molecule has 0 aromatic heterocycles. The van der Waals surface area contributed by atoms with Crippen LogP contribution in [0.2, 0.25) is 0 Å². The summed E-state index contributed by atoms with van der Waals surface area (Å²) in [6.07, 6.45) is 0.524. The number of nitrogens with one attached hydrogen (secondary N) is 2. The van der Waals surface area contributed by atoms with E-state index in [9.17, 15) is 4.79 Å². The Labute approximate surface area is 79.7 Å². The van der Waals surface area contributed by atoms with E-state index in [-0.39, 0.29) is 11.9 Å². The summed E-state index contributed by atoms with van der Waals surface area (Å²) in [5, 5.41) is 14.7. The number of aliphatic hydroxyl groups excluding tert-OH is 1. The molecule has 0 radical (unpaired) electrons. The highest BCUT2D eigenvalue weighted by molar-refractivity contribution is 5.81. The summed E-state index contributed by atoms with van der Waals surface area (Å²) in [5.74, 6) is -0.0116. The van der Waals surface area contributed by atoms with E-state index in [0.29, 0.717) is 13.1 Å². The summed E-state index contributed by atoms with van der Waals surface area (Å²) in [6, 6.07) is -0.235. The molecule has 13 heavy (non-hydrogen) atoms. The van der Waals surface area contributed by atoms with Crippen LogP contribution < -0.4 is 10.6 Å². The van der Waals surface area contributed by atoms with Gasteiger partial charge < -0.3 is 15.7 Å². The number of hydrogen-bond acceptors (Lipinski definition) is 3. The van der Waals surface area contributed by atoms with E-state index in [4.69, 9.17) is 5.11 Å². The molecule has 0 aliphatic carbocycles. The second-order valence-electron chi connectivity index (χ2n) is 3.27. The minimum Gasteiger partial charge on any atom is -0.392 e. The van der Waals surface area contributed by atoms with Gasteiger partial charge in [0.15, 0.2) is 0 Å². The van der Waals surface area contributed by atoms with Crippen LogP contribution in [0.15, 0.2) is 0 Å². The second-order valence-corrected chi connectivity index (χ2v) is 3.27. The van der Waals surface area contributed by atoms with Crippen molar-refractivity contribution in [1.82, 2.24) is 10.6 Å². The Kier molecular flexibility index (Phi) is 6.54. The molecule has 2 unspecified atom stereocenters. The van der Waals surface area contributed by atoms with E-state index in [1.165, 1.54) is 0 Å². The first-order valence-corrected chi connectivity index (χ1v) is 4.77. The quantitative estimate of drug-likeness (QED) is 0.544. The zero-order valence-corrected chi connectivity index (χ0v) is 8.63. The van der Waals surface area contributed by atoms with Gasteiger partial charge in [-0.05, 0) is 20.3 Å². The lowest BCUT2D eigenvalue weighted by molar-refractivity contribution is -0.122. The van der Waals surface area contributed by atoms with E-state index in [0.717, 1.165) is 6.42 Å². The lowest BCUT2D eigenvalue weighted by Crippen LogP contribution is -2.44. The number of carbonyl (C=O) groups excluding carboxylic acids is 1. The van der Waals surface area contributed by atoms with E-state index < -0.39 is 6.10 Å². The molecule has 0 aliphatic rings. The first-order chi connectivity index (χ1) is 6.07. The number of rotatable bonds is 6. The Morgan fingerprint density at radius 2 is 2.08 bits per heavy atom. The number of amides is 1. The van der Waals surface area contributed by atoms with Crippen molar-refractivity contribution in [1.29, 1.82) is 0 Å². The molecule has 0 aromatic carbocycles. The predicted molar refractivity (Wildman–Crippen MR) is 52.4 cm³/mol. The van der Waals surface area contributed by atoms with Gasteiger partial charge in [-0.3, -0.25) is 4.79 Å². The number of carbonyl (C=O) groups is 1. The van der Waals surface area contributed by atoms with Crippen molar-refractivity contribution in [3.63, 3.8) is 0 Å². The van der Waals surface area contributed by atoms with Crippen molar-refractivity contribution in [3.8, 4) is 0 Å². The largest absolute Gasteiger partial charge is 0.392 e. The molecule has 1 amide bonds. The second kappa shape index (κ2) is 6.86. The van der Waals surface area contributed by atoms with Gasteiger partial charge in [-0.25, -0.2) is 0 Å². The average molecular weight is 188 g/mol. The zero-order valence-electron chi connectivity index (χ0n) is 8.63. The fourth-order valence-electron chi connectivity index (χ4n) is 0.841. The fraction of sp³-hybridized carbons (Fsp3) is 0.889. The Hall–Kier alpha value is -0.610. The number of aliphatic hydroxyl groups is 1. The highest BCUT2D eigenvalue weighted by atomic mass is 16.3. The normalized spacial score (nSPS) is 15.1. The molecule has 0 aromatic rings. The lowest BCUT2D eigenvalue weighted by Gasteiger charge is -2.14. The number of hydrogen-bond donors (Lipinski definition) is 3. The van der Waals surface area contributed by atoms with Crippen LogP contribution in [-0.4, -0.2) is 36.2 Å². The predicted octanol–water partition coefficient (Wildman–Crippen LogP) is -0.128. The van der Waals surface area contributed by atoms with Crippen molar-refractivity contribution in [2.75, 3.05) is 13.1 Å². The van der Waals surface area contributed by atoms with Crippen molar-refractivity contribution in [2.45, 2.75) is 39.3 Å². The highest BCUT2D eigenvalue weighted by Gasteiger charge is 2.11. The van der Waals surface area contributed by atoms with E-state index in [2.05, 4.69) is 10.6 Å². The zero-order chi connectivity index (χ0) is 10.3. The molecule has 0 rings (SSSR count). The molecule has 4 nitrogen and oxygen atoms in total. The van der Waals surface area contributed by atoms with Crippen LogP contribution in [0.3, 0.4) is 0 Å². The third-order valence-corrected chi connectivity index (χ3v) is 1.66. The average Bonchev–Trinajstić information content (AvgIpc) is 2.10. The smallest absolute Gasteiger partial charge is 0.236 e. The molecule has 0 fully saturated rings. The maximum atomic E-state index is 11.3. The van der Waals surface area contributed by atoms with Gasteiger partial charge in [0.25, 0.3) is 0 Å². The maximum absolute atomic E-state index is 11.3. The molecule has 78 valence electrons. The van der Waals surface area contributed by atoms with Gasteiger partial charge in [0.2, 0.25) is 5.91 Å². The van der Waals surface area contributed by atoms with Crippen molar-refractivity contribution in [2.24, 2.45) is 0 Å². The van der Waals surface area contributed by atoms with Crippen LogP contribution in [-0.2, 0) is 4.79 Å². The van der Waals surface area contributed by atoms with Crippen molar-refractivity contribution >= 4 is 5.91 Å². The molecule has 3 N–H and O–H groups in total. The SMILES string of the molecule is CCCNC(=O)C(C)NCC(C)O. The van der Waals surface area contributed by atoms with Gasteiger partial charge in [-0.1, -0.05) is 6.92 Å². The molecule has 4 heteroatoms. The minimum absolute atomic E-state index is 0.0116. The molecule has 0 saturated carbocycles. The Morgan fingerprint density at radius 3 is 2.54 bits per heavy atom. The van der Waals surface area contributed by atoms with Gasteiger partial charge >= 0.3 is 0 Å². The standard InChI is InChI=1S/C9H20N2O2/c1-4-5-10-9(13)8(3)11-6-7(2)12/h7-8,11-12H,4-6H2,1-3H3,(H,10,13). The lowest BCUT2D eigenvalue weighted by atomic mass is 10.3. The van der Waals surface area contributed by atoms with Crippen LogP contribution >= 0.6 is 0 Å². The van der Waals surface area contributed by atoms with E-state index >= 15 is 0 Å². The monoisotopic (exact) mass is 188 g/mol. The van der Waals surface area contributed by atoms with Crippen molar-refractivity contribution < 1.29 is 9.90 Å². The molecule has 0 aliphatic heterocycles. The summed E-state index contributed by atoms with van der Waals surface area (Å²) in [6.45, 7) is 6.63. The van der Waals surface area contributed by atoms with E-state index in [1.807, 2.05) is 6.92 Å². The highest BCUT2D eigenvalue weighted by Crippen LogP contribution is 1.84. The molecule has 0 bridgehead atoms. The molecular formula is C9H20N2O2. The maximum Gasteiger partial charge on any atom is 0.236 e. The van der Waals surface area contributed by atoms with Gasteiger partial charge in [-0.15, -0.1) is 0 Å². The first-order valence-electron chi connectivity index (χ1n) is 4.77. The third-order valence-electron chi connectivity index (χ3n) is 1.66. The summed E-state index contributed by atoms with van der Waals surface area (Å²) in [7, 11) is 0. The minimum atomic E-state index is -0.415. The van der Waals surface area contributed by atoms with Crippen LogP contribution in [0, 0.1) is 0 Å². The van der Waals surface area contributed by atoms with Crippen LogP contribution in [0.25, 0.3) is 0 Å².